The molecule has 1 saturated heterocycles. The molecule has 3 atom stereocenters. The van der Waals surface area contributed by atoms with Gasteiger partial charge >= 0.3 is 0 Å². The van der Waals surface area contributed by atoms with Crippen LogP contribution in [0.15, 0.2) is 0 Å². The number of nitrogens with one attached hydrogen (secondary N) is 1. The monoisotopic (exact) mass is 243 g/mol. The molecule has 5 heteroatoms. The van der Waals surface area contributed by atoms with Gasteiger partial charge in [-0.25, -0.2) is 5.84 Å². The lowest BCUT2D eigenvalue weighted by Crippen LogP contribution is -2.40. The first-order chi connectivity index (χ1) is 8.06. The molecule has 1 aliphatic heterocycles. The van der Waals surface area contributed by atoms with Gasteiger partial charge in [0.1, 0.15) is 6.10 Å². The fraction of sp³-hybridized carbons (Fsp3) is 0.917. The van der Waals surface area contributed by atoms with E-state index in [1.807, 2.05) is 0 Å². The molecule has 1 amide bonds. The van der Waals surface area contributed by atoms with E-state index in [1.165, 1.54) is 6.42 Å². The van der Waals surface area contributed by atoms with Crippen LogP contribution < -0.4 is 11.3 Å². The zero-order valence-electron chi connectivity index (χ0n) is 11.1. The second-order valence-electron chi connectivity index (χ2n) is 5.07. The van der Waals surface area contributed by atoms with Gasteiger partial charge in [-0.05, 0) is 25.8 Å². The van der Waals surface area contributed by atoms with Crippen LogP contribution in [-0.4, -0.2) is 43.2 Å². The Labute approximate surface area is 104 Å². The highest BCUT2D eigenvalue weighted by molar-refractivity contribution is 5.80. The maximum absolute atomic E-state index is 11.3. The molecule has 0 bridgehead atoms. The van der Waals surface area contributed by atoms with Crippen molar-refractivity contribution in [3.05, 3.63) is 0 Å². The molecule has 0 aromatic heterocycles. The van der Waals surface area contributed by atoms with E-state index in [0.29, 0.717) is 5.92 Å². The molecule has 0 saturated carbocycles. The van der Waals surface area contributed by atoms with Crippen LogP contribution in [0, 0.1) is 5.92 Å². The van der Waals surface area contributed by atoms with Crippen molar-refractivity contribution in [2.45, 2.75) is 45.3 Å². The maximum atomic E-state index is 11.3. The number of ether oxygens (including phenoxy) is 1. The number of likely N-dealkylation sites (N-methyl/N-ethyl adjacent to an activating group) is 1. The van der Waals surface area contributed by atoms with E-state index >= 15 is 0 Å². The average Bonchev–Trinajstić information content (AvgIpc) is 2.76. The maximum Gasteiger partial charge on any atom is 0.263 e. The number of nitrogens with zero attached hydrogens (tertiary/aromatic N) is 1. The molecule has 0 aromatic rings. The first kappa shape index (κ1) is 14.4. The van der Waals surface area contributed by atoms with E-state index in [4.69, 9.17) is 10.6 Å². The van der Waals surface area contributed by atoms with Crippen LogP contribution >= 0.6 is 0 Å². The minimum atomic E-state index is -0.359. The lowest BCUT2D eigenvalue weighted by Gasteiger charge is -2.23. The molecule has 3 unspecified atom stereocenters. The van der Waals surface area contributed by atoms with Crippen LogP contribution in [0.1, 0.15) is 33.1 Å². The number of rotatable bonds is 6. The smallest absolute Gasteiger partial charge is 0.263 e. The second-order valence-corrected chi connectivity index (χ2v) is 5.07. The topological polar surface area (TPSA) is 67.6 Å². The van der Waals surface area contributed by atoms with Gasteiger partial charge in [-0.15, -0.1) is 0 Å². The summed E-state index contributed by atoms with van der Waals surface area (Å²) in [5.41, 5.74) is 2.14. The summed E-state index contributed by atoms with van der Waals surface area (Å²) in [6, 6.07) is 0. The van der Waals surface area contributed by atoms with Crippen molar-refractivity contribution >= 4 is 5.91 Å². The lowest BCUT2D eigenvalue weighted by molar-refractivity contribution is -0.132. The third kappa shape index (κ3) is 4.61. The number of hydrogen-bond acceptors (Lipinski definition) is 4. The van der Waals surface area contributed by atoms with Crippen molar-refractivity contribution in [2.75, 3.05) is 20.1 Å². The number of nitrogens with two attached hydrogens (primary N) is 1. The van der Waals surface area contributed by atoms with Crippen LogP contribution in [0.3, 0.4) is 0 Å². The summed E-state index contributed by atoms with van der Waals surface area (Å²) in [7, 11) is 2.10. The third-order valence-corrected chi connectivity index (χ3v) is 3.38. The highest BCUT2D eigenvalue weighted by Crippen LogP contribution is 2.20. The van der Waals surface area contributed by atoms with Crippen LogP contribution in [0.2, 0.25) is 0 Å². The Kier molecular flexibility index (Phi) is 5.88. The van der Waals surface area contributed by atoms with E-state index < -0.39 is 0 Å². The van der Waals surface area contributed by atoms with E-state index in [1.54, 1.807) is 0 Å². The molecular formula is C12H25N3O2. The van der Waals surface area contributed by atoms with Gasteiger partial charge in [0.2, 0.25) is 0 Å². The first-order valence-corrected chi connectivity index (χ1v) is 6.41. The minimum Gasteiger partial charge on any atom is -0.364 e. The SMILES string of the molecule is CCC(C)CN(C)CC1CCC(C(=O)NN)O1. The predicted octanol–water partition coefficient (Wildman–Crippen LogP) is 0.502. The third-order valence-electron chi connectivity index (χ3n) is 3.38. The van der Waals surface area contributed by atoms with Crippen LogP contribution in [0.25, 0.3) is 0 Å². The molecule has 5 nitrogen and oxygen atoms in total. The summed E-state index contributed by atoms with van der Waals surface area (Å²) in [5.74, 6) is 5.58. The van der Waals surface area contributed by atoms with Crippen molar-refractivity contribution in [2.24, 2.45) is 11.8 Å². The molecule has 0 aromatic carbocycles. The summed E-state index contributed by atoms with van der Waals surface area (Å²) in [5, 5.41) is 0. The molecular weight excluding hydrogens is 218 g/mol. The molecule has 1 fully saturated rings. The second kappa shape index (κ2) is 6.93. The summed E-state index contributed by atoms with van der Waals surface area (Å²) >= 11 is 0. The van der Waals surface area contributed by atoms with Crippen molar-refractivity contribution in [1.82, 2.24) is 10.3 Å². The lowest BCUT2D eigenvalue weighted by atomic mass is 10.1. The Morgan fingerprint density at radius 1 is 1.59 bits per heavy atom. The molecule has 0 radical (unpaired) electrons. The van der Waals surface area contributed by atoms with Crippen molar-refractivity contribution in [3.8, 4) is 0 Å². The average molecular weight is 243 g/mol. The van der Waals surface area contributed by atoms with Gasteiger partial charge in [-0.3, -0.25) is 10.2 Å². The molecule has 1 heterocycles. The summed E-state index contributed by atoms with van der Waals surface area (Å²) in [6.07, 6.45) is 2.69. The van der Waals surface area contributed by atoms with E-state index in [0.717, 1.165) is 25.9 Å². The van der Waals surface area contributed by atoms with Crippen LogP contribution in [0.4, 0.5) is 0 Å². The summed E-state index contributed by atoms with van der Waals surface area (Å²) in [6.45, 7) is 6.41. The van der Waals surface area contributed by atoms with Crippen molar-refractivity contribution in [1.29, 1.82) is 0 Å². The van der Waals surface area contributed by atoms with Gasteiger partial charge in [-0.1, -0.05) is 20.3 Å². The van der Waals surface area contributed by atoms with Gasteiger partial charge in [0.05, 0.1) is 6.10 Å². The Morgan fingerprint density at radius 2 is 2.29 bits per heavy atom. The van der Waals surface area contributed by atoms with Crippen LogP contribution in [0.5, 0.6) is 0 Å². The van der Waals surface area contributed by atoms with Crippen molar-refractivity contribution in [3.63, 3.8) is 0 Å². The Bertz CT molecular complexity index is 248. The van der Waals surface area contributed by atoms with Gasteiger partial charge in [-0.2, -0.15) is 0 Å². The molecule has 0 spiro atoms. The molecule has 1 rings (SSSR count). The Hall–Kier alpha value is -0.650. The van der Waals surface area contributed by atoms with E-state index in [9.17, 15) is 4.79 Å². The number of carbonyl (C=O) groups is 1. The highest BCUT2D eigenvalue weighted by Gasteiger charge is 2.30. The van der Waals surface area contributed by atoms with Gasteiger partial charge in [0, 0.05) is 13.1 Å². The first-order valence-electron chi connectivity index (χ1n) is 6.41. The fourth-order valence-corrected chi connectivity index (χ4v) is 2.21. The quantitative estimate of drug-likeness (QED) is 0.405. The summed E-state index contributed by atoms with van der Waals surface area (Å²) < 4.78 is 5.67. The standard InChI is InChI=1S/C12H25N3O2/c1-4-9(2)7-15(3)8-10-5-6-11(17-10)12(16)14-13/h9-11H,4-8,13H2,1-3H3,(H,14,16). The fourth-order valence-electron chi connectivity index (χ4n) is 2.21. The predicted molar refractivity (Wildman–Crippen MR) is 67.2 cm³/mol. The largest absolute Gasteiger partial charge is 0.364 e. The number of hydrogen-bond donors (Lipinski definition) is 2. The van der Waals surface area contributed by atoms with Gasteiger partial charge < -0.3 is 9.64 Å². The highest BCUT2D eigenvalue weighted by atomic mass is 16.5. The number of amides is 1. The zero-order valence-corrected chi connectivity index (χ0v) is 11.1. The molecule has 3 N–H and O–H groups in total. The Balaban J connectivity index is 2.27. The van der Waals surface area contributed by atoms with Gasteiger partial charge in [0.25, 0.3) is 5.91 Å². The molecule has 17 heavy (non-hydrogen) atoms. The number of carbonyl (C=O) groups excluding carboxylic acids is 1. The van der Waals surface area contributed by atoms with E-state index in [-0.39, 0.29) is 18.1 Å². The van der Waals surface area contributed by atoms with Crippen molar-refractivity contribution < 1.29 is 9.53 Å². The molecule has 100 valence electrons. The van der Waals surface area contributed by atoms with E-state index in [2.05, 4.69) is 31.2 Å². The molecule has 1 aliphatic rings. The van der Waals surface area contributed by atoms with Crippen LogP contribution in [-0.2, 0) is 9.53 Å². The summed E-state index contributed by atoms with van der Waals surface area (Å²) in [4.78, 5) is 13.6. The minimum absolute atomic E-state index is 0.159. The Morgan fingerprint density at radius 3 is 2.88 bits per heavy atom. The molecule has 0 aliphatic carbocycles. The van der Waals surface area contributed by atoms with Gasteiger partial charge in [0.15, 0.2) is 0 Å². The normalized spacial score (nSPS) is 26.2. The zero-order chi connectivity index (χ0) is 12.8. The number of hydrazine groups is 1.